The van der Waals surface area contributed by atoms with Crippen LogP contribution in [-0.2, 0) is 4.79 Å². The van der Waals surface area contributed by atoms with Crippen molar-refractivity contribution in [2.75, 3.05) is 25.0 Å². The van der Waals surface area contributed by atoms with Crippen molar-refractivity contribution in [1.29, 1.82) is 0 Å². The van der Waals surface area contributed by atoms with Gasteiger partial charge in [-0.1, -0.05) is 31.0 Å². The second-order valence-corrected chi connectivity index (χ2v) is 5.51. The normalized spacial score (nSPS) is 22.2. The zero-order valence-electron chi connectivity index (χ0n) is 11.8. The van der Waals surface area contributed by atoms with E-state index in [2.05, 4.69) is 10.6 Å². The molecule has 20 heavy (non-hydrogen) atoms. The van der Waals surface area contributed by atoms with Crippen molar-refractivity contribution in [3.05, 3.63) is 30.3 Å². The van der Waals surface area contributed by atoms with Crippen LogP contribution >= 0.6 is 0 Å². The highest BCUT2D eigenvalue weighted by atomic mass is 16.3. The second-order valence-electron chi connectivity index (χ2n) is 5.51. The summed E-state index contributed by atoms with van der Waals surface area (Å²) in [4.78, 5) is 11.8. The summed E-state index contributed by atoms with van der Waals surface area (Å²) >= 11 is 0. The Morgan fingerprint density at radius 2 is 1.85 bits per heavy atom. The Kier molecular flexibility index (Phi) is 5.87. The fraction of sp³-hybridized carbons (Fsp3) is 0.562. The first-order valence-electron chi connectivity index (χ1n) is 7.46. The molecule has 2 atom stereocenters. The fourth-order valence-corrected chi connectivity index (χ4v) is 2.84. The molecule has 0 saturated heterocycles. The van der Waals surface area contributed by atoms with Gasteiger partial charge in [0.15, 0.2) is 0 Å². The first-order valence-corrected chi connectivity index (χ1v) is 7.46. The smallest absolute Gasteiger partial charge is 0.239 e. The van der Waals surface area contributed by atoms with Gasteiger partial charge in [-0.25, -0.2) is 0 Å². The Balaban J connectivity index is 1.69. The van der Waals surface area contributed by atoms with Gasteiger partial charge in [0.1, 0.15) is 0 Å². The highest BCUT2D eigenvalue weighted by Crippen LogP contribution is 2.28. The zero-order valence-corrected chi connectivity index (χ0v) is 11.8. The molecule has 1 aliphatic rings. The van der Waals surface area contributed by atoms with Gasteiger partial charge in [-0.2, -0.15) is 0 Å². The third-order valence-corrected chi connectivity index (χ3v) is 4.09. The molecule has 0 radical (unpaired) electrons. The van der Waals surface area contributed by atoms with Crippen LogP contribution in [0.3, 0.4) is 0 Å². The van der Waals surface area contributed by atoms with Crippen LogP contribution < -0.4 is 10.6 Å². The largest absolute Gasteiger partial charge is 0.396 e. The number of para-hydroxylation sites is 1. The molecule has 2 rings (SSSR count). The highest BCUT2D eigenvalue weighted by molar-refractivity contribution is 5.80. The molecule has 2 unspecified atom stereocenters. The molecule has 3 N–H and O–H groups in total. The summed E-state index contributed by atoms with van der Waals surface area (Å²) < 4.78 is 0. The molecule has 110 valence electrons. The number of rotatable bonds is 6. The summed E-state index contributed by atoms with van der Waals surface area (Å²) in [6, 6.07) is 9.71. The van der Waals surface area contributed by atoms with Crippen LogP contribution in [0.5, 0.6) is 0 Å². The van der Waals surface area contributed by atoms with Gasteiger partial charge < -0.3 is 15.7 Å². The lowest BCUT2D eigenvalue weighted by atomic mass is 9.79. The average molecular weight is 276 g/mol. The molecule has 1 aromatic carbocycles. The van der Waals surface area contributed by atoms with Crippen molar-refractivity contribution >= 4 is 11.6 Å². The third-order valence-electron chi connectivity index (χ3n) is 4.09. The number of anilines is 1. The second kappa shape index (κ2) is 7.90. The Morgan fingerprint density at radius 1 is 1.15 bits per heavy atom. The number of carbonyl (C=O) groups excluding carboxylic acids is 1. The number of benzene rings is 1. The molecule has 1 aromatic rings. The minimum atomic E-state index is 0.0103. The maximum atomic E-state index is 11.8. The van der Waals surface area contributed by atoms with E-state index in [0.717, 1.165) is 18.5 Å². The van der Waals surface area contributed by atoms with Crippen LogP contribution in [0.15, 0.2) is 30.3 Å². The van der Waals surface area contributed by atoms with Gasteiger partial charge in [0.2, 0.25) is 5.91 Å². The number of carbonyl (C=O) groups is 1. The number of amides is 1. The Bertz CT molecular complexity index is 408. The minimum Gasteiger partial charge on any atom is -0.396 e. The fourth-order valence-electron chi connectivity index (χ4n) is 2.84. The monoisotopic (exact) mass is 276 g/mol. The maximum absolute atomic E-state index is 11.8. The van der Waals surface area contributed by atoms with Crippen LogP contribution in [0.2, 0.25) is 0 Å². The van der Waals surface area contributed by atoms with Gasteiger partial charge in [-0.15, -0.1) is 0 Å². The number of aliphatic hydroxyl groups excluding tert-OH is 1. The summed E-state index contributed by atoms with van der Waals surface area (Å²) in [5.41, 5.74) is 0.952. The van der Waals surface area contributed by atoms with E-state index in [1.54, 1.807) is 0 Å². The van der Waals surface area contributed by atoms with Crippen LogP contribution in [0.1, 0.15) is 25.7 Å². The molecule has 4 nitrogen and oxygen atoms in total. The van der Waals surface area contributed by atoms with Crippen LogP contribution in [-0.4, -0.2) is 30.7 Å². The Morgan fingerprint density at radius 3 is 2.55 bits per heavy atom. The predicted molar refractivity (Wildman–Crippen MR) is 80.5 cm³/mol. The van der Waals surface area contributed by atoms with Crippen LogP contribution in [0.25, 0.3) is 0 Å². The number of hydrogen-bond donors (Lipinski definition) is 3. The molecular formula is C16H24N2O2. The van der Waals surface area contributed by atoms with E-state index in [9.17, 15) is 9.90 Å². The van der Waals surface area contributed by atoms with E-state index in [-0.39, 0.29) is 12.5 Å². The van der Waals surface area contributed by atoms with Crippen molar-refractivity contribution in [3.8, 4) is 0 Å². The van der Waals surface area contributed by atoms with Crippen molar-refractivity contribution in [2.24, 2.45) is 11.8 Å². The molecular weight excluding hydrogens is 252 g/mol. The molecule has 0 heterocycles. The standard InChI is InChI=1S/C16H24N2O2/c19-12-14-7-5-4-6-13(14)10-18-16(20)11-17-15-8-2-1-3-9-15/h1-3,8-9,13-14,17,19H,4-7,10-12H2,(H,18,20). The Labute approximate surface area is 120 Å². The quantitative estimate of drug-likeness (QED) is 0.745. The van der Waals surface area contributed by atoms with E-state index in [1.165, 1.54) is 12.8 Å². The number of hydrogen-bond acceptors (Lipinski definition) is 3. The first-order chi connectivity index (χ1) is 9.79. The van der Waals surface area contributed by atoms with Crippen molar-refractivity contribution in [2.45, 2.75) is 25.7 Å². The molecule has 0 aliphatic heterocycles. The summed E-state index contributed by atoms with van der Waals surface area (Å²) in [6.45, 7) is 1.21. The van der Waals surface area contributed by atoms with E-state index in [0.29, 0.717) is 24.9 Å². The highest BCUT2D eigenvalue weighted by Gasteiger charge is 2.24. The van der Waals surface area contributed by atoms with Gasteiger partial charge in [-0.05, 0) is 36.8 Å². The molecule has 0 aromatic heterocycles. The topological polar surface area (TPSA) is 61.4 Å². The van der Waals surface area contributed by atoms with Gasteiger partial charge >= 0.3 is 0 Å². The molecule has 1 fully saturated rings. The summed E-state index contributed by atoms with van der Waals surface area (Å²) in [5.74, 6) is 0.789. The average Bonchev–Trinajstić information content (AvgIpc) is 2.52. The molecule has 4 heteroatoms. The van der Waals surface area contributed by atoms with E-state index in [1.807, 2.05) is 30.3 Å². The number of nitrogens with one attached hydrogen (secondary N) is 2. The molecule has 0 spiro atoms. The summed E-state index contributed by atoms with van der Waals surface area (Å²) in [6.07, 6.45) is 4.60. The molecule has 1 aliphatic carbocycles. The molecule has 1 amide bonds. The first kappa shape index (κ1) is 14.9. The lowest BCUT2D eigenvalue weighted by Crippen LogP contribution is -2.37. The van der Waals surface area contributed by atoms with Gasteiger partial charge in [0.05, 0.1) is 6.54 Å². The van der Waals surface area contributed by atoms with Gasteiger partial charge in [0.25, 0.3) is 0 Å². The van der Waals surface area contributed by atoms with Crippen molar-refractivity contribution in [3.63, 3.8) is 0 Å². The lowest BCUT2D eigenvalue weighted by Gasteiger charge is -2.30. The van der Waals surface area contributed by atoms with Crippen molar-refractivity contribution < 1.29 is 9.90 Å². The van der Waals surface area contributed by atoms with Gasteiger partial charge in [-0.3, -0.25) is 4.79 Å². The number of aliphatic hydroxyl groups is 1. The SMILES string of the molecule is O=C(CNc1ccccc1)NCC1CCCCC1CO. The molecule has 1 saturated carbocycles. The van der Waals surface area contributed by atoms with Crippen LogP contribution in [0, 0.1) is 11.8 Å². The van der Waals surface area contributed by atoms with E-state index < -0.39 is 0 Å². The molecule has 0 bridgehead atoms. The zero-order chi connectivity index (χ0) is 14.2. The van der Waals surface area contributed by atoms with E-state index >= 15 is 0 Å². The summed E-state index contributed by atoms with van der Waals surface area (Å²) in [7, 11) is 0. The Hall–Kier alpha value is -1.55. The van der Waals surface area contributed by atoms with E-state index in [4.69, 9.17) is 0 Å². The third kappa shape index (κ3) is 4.53. The summed E-state index contributed by atoms with van der Waals surface area (Å²) in [5, 5.41) is 15.4. The maximum Gasteiger partial charge on any atom is 0.239 e. The lowest BCUT2D eigenvalue weighted by molar-refractivity contribution is -0.119. The van der Waals surface area contributed by atoms with Crippen molar-refractivity contribution in [1.82, 2.24) is 5.32 Å². The van der Waals surface area contributed by atoms with Crippen LogP contribution in [0.4, 0.5) is 5.69 Å². The van der Waals surface area contributed by atoms with Gasteiger partial charge in [0, 0.05) is 18.8 Å². The minimum absolute atomic E-state index is 0.0103. The predicted octanol–water partition coefficient (Wildman–Crippen LogP) is 2.01.